The third-order valence-electron chi connectivity index (χ3n) is 3.27. The molecule has 1 amide bonds. The molecule has 0 aliphatic heterocycles. The second kappa shape index (κ2) is 8.13. The SMILES string of the molecule is CCCCN(C)C(=O)c1cc(Nc2cc(Cl)ccc2Cl)ncn1. The van der Waals surface area contributed by atoms with Gasteiger partial charge >= 0.3 is 0 Å². The van der Waals surface area contributed by atoms with Gasteiger partial charge in [-0.1, -0.05) is 36.5 Å². The van der Waals surface area contributed by atoms with Gasteiger partial charge in [0.2, 0.25) is 0 Å². The number of hydrogen-bond acceptors (Lipinski definition) is 4. The predicted octanol–water partition coefficient (Wildman–Crippen LogP) is 4.40. The molecule has 0 saturated heterocycles. The molecule has 2 aromatic rings. The molecule has 0 bridgehead atoms. The highest BCUT2D eigenvalue weighted by atomic mass is 35.5. The van der Waals surface area contributed by atoms with Crippen molar-refractivity contribution < 1.29 is 4.79 Å². The van der Waals surface area contributed by atoms with E-state index in [9.17, 15) is 4.79 Å². The van der Waals surface area contributed by atoms with Crippen molar-refractivity contribution in [3.05, 3.63) is 46.3 Å². The van der Waals surface area contributed by atoms with Gasteiger partial charge < -0.3 is 10.2 Å². The summed E-state index contributed by atoms with van der Waals surface area (Å²) in [7, 11) is 1.76. The fourth-order valence-electron chi connectivity index (χ4n) is 1.97. The van der Waals surface area contributed by atoms with Gasteiger partial charge in [0.05, 0.1) is 10.7 Å². The number of amides is 1. The van der Waals surface area contributed by atoms with E-state index in [4.69, 9.17) is 23.2 Å². The first-order chi connectivity index (χ1) is 11.0. The lowest BCUT2D eigenvalue weighted by Crippen LogP contribution is -2.28. The van der Waals surface area contributed by atoms with Crippen LogP contribution in [0.5, 0.6) is 0 Å². The van der Waals surface area contributed by atoms with Crippen LogP contribution >= 0.6 is 23.2 Å². The molecule has 122 valence electrons. The Balaban J connectivity index is 2.16. The van der Waals surface area contributed by atoms with Gasteiger partial charge in [0.1, 0.15) is 17.8 Å². The summed E-state index contributed by atoms with van der Waals surface area (Å²) in [5.74, 6) is 0.345. The number of carbonyl (C=O) groups excluding carboxylic acids is 1. The van der Waals surface area contributed by atoms with Crippen LogP contribution in [0.3, 0.4) is 0 Å². The number of halogens is 2. The second-order valence-electron chi connectivity index (χ2n) is 5.12. The standard InChI is InChI=1S/C16H18Cl2N4O/c1-3-4-7-22(2)16(23)14-9-15(20-10-19-14)21-13-8-11(17)5-6-12(13)18/h5-6,8-10H,3-4,7H2,1-2H3,(H,19,20,21). The number of benzene rings is 1. The summed E-state index contributed by atoms with van der Waals surface area (Å²) in [5, 5.41) is 4.12. The Hall–Kier alpha value is -1.85. The molecule has 0 unspecified atom stereocenters. The van der Waals surface area contributed by atoms with Crippen molar-refractivity contribution >= 4 is 40.6 Å². The smallest absolute Gasteiger partial charge is 0.272 e. The number of aromatic nitrogens is 2. The minimum absolute atomic E-state index is 0.138. The number of carbonyl (C=O) groups is 1. The van der Waals surface area contributed by atoms with Crippen LogP contribution in [0.25, 0.3) is 0 Å². The molecule has 0 aliphatic rings. The van der Waals surface area contributed by atoms with E-state index in [1.807, 2.05) is 0 Å². The lowest BCUT2D eigenvalue weighted by atomic mass is 10.3. The quantitative estimate of drug-likeness (QED) is 0.836. The normalized spacial score (nSPS) is 10.4. The molecule has 0 spiro atoms. The van der Waals surface area contributed by atoms with Crippen LogP contribution in [-0.4, -0.2) is 34.4 Å². The van der Waals surface area contributed by atoms with E-state index in [-0.39, 0.29) is 5.91 Å². The molecule has 1 aromatic heterocycles. The summed E-state index contributed by atoms with van der Waals surface area (Å²) in [6, 6.07) is 6.69. The van der Waals surface area contributed by atoms with Crippen molar-refractivity contribution in [2.24, 2.45) is 0 Å². The van der Waals surface area contributed by atoms with E-state index in [1.54, 1.807) is 36.2 Å². The highest BCUT2D eigenvalue weighted by Crippen LogP contribution is 2.27. The number of nitrogens with zero attached hydrogens (tertiary/aromatic N) is 3. The van der Waals surface area contributed by atoms with Crippen molar-refractivity contribution in [3.63, 3.8) is 0 Å². The Morgan fingerprint density at radius 2 is 2.04 bits per heavy atom. The third-order valence-corrected chi connectivity index (χ3v) is 3.84. The van der Waals surface area contributed by atoms with Gasteiger partial charge in [-0.15, -0.1) is 0 Å². The van der Waals surface area contributed by atoms with Gasteiger partial charge in [-0.3, -0.25) is 4.79 Å². The predicted molar refractivity (Wildman–Crippen MR) is 93.6 cm³/mol. The highest BCUT2D eigenvalue weighted by Gasteiger charge is 2.14. The number of rotatable bonds is 6. The summed E-state index contributed by atoms with van der Waals surface area (Å²) in [4.78, 5) is 22.2. The van der Waals surface area contributed by atoms with Gasteiger partial charge in [0, 0.05) is 24.7 Å². The molecule has 7 heteroatoms. The summed E-state index contributed by atoms with van der Waals surface area (Å²) >= 11 is 12.1. The molecule has 1 aromatic carbocycles. The van der Waals surface area contributed by atoms with Crippen molar-refractivity contribution in [3.8, 4) is 0 Å². The number of unbranched alkanes of at least 4 members (excludes halogenated alkanes) is 1. The largest absolute Gasteiger partial charge is 0.340 e. The van der Waals surface area contributed by atoms with Gasteiger partial charge in [-0.05, 0) is 24.6 Å². The molecule has 23 heavy (non-hydrogen) atoms. The maximum atomic E-state index is 12.3. The zero-order valence-electron chi connectivity index (χ0n) is 13.0. The minimum Gasteiger partial charge on any atom is -0.340 e. The van der Waals surface area contributed by atoms with Gasteiger partial charge in [0.25, 0.3) is 5.91 Å². The van der Waals surface area contributed by atoms with Crippen molar-refractivity contribution in [2.45, 2.75) is 19.8 Å². The lowest BCUT2D eigenvalue weighted by molar-refractivity contribution is 0.0787. The molecule has 0 aliphatic carbocycles. The molecule has 0 fully saturated rings. The first-order valence-corrected chi connectivity index (χ1v) is 8.06. The fourth-order valence-corrected chi connectivity index (χ4v) is 2.30. The van der Waals surface area contributed by atoms with Gasteiger partial charge in [0.15, 0.2) is 0 Å². The second-order valence-corrected chi connectivity index (χ2v) is 5.96. The number of anilines is 2. The van der Waals surface area contributed by atoms with Crippen LogP contribution < -0.4 is 5.32 Å². The first kappa shape index (κ1) is 17.5. The zero-order valence-corrected chi connectivity index (χ0v) is 14.5. The Labute approximate surface area is 145 Å². The molecule has 0 radical (unpaired) electrons. The molecular weight excluding hydrogens is 335 g/mol. The maximum Gasteiger partial charge on any atom is 0.272 e. The highest BCUT2D eigenvalue weighted by molar-refractivity contribution is 6.35. The van der Waals surface area contributed by atoms with Crippen LogP contribution in [0.1, 0.15) is 30.3 Å². The van der Waals surface area contributed by atoms with Crippen molar-refractivity contribution in [2.75, 3.05) is 18.9 Å². The molecule has 0 saturated carbocycles. The molecule has 0 atom stereocenters. The van der Waals surface area contributed by atoms with Crippen LogP contribution in [0.15, 0.2) is 30.6 Å². The van der Waals surface area contributed by atoms with E-state index in [2.05, 4.69) is 22.2 Å². The van der Waals surface area contributed by atoms with Gasteiger partial charge in [-0.25, -0.2) is 9.97 Å². The van der Waals surface area contributed by atoms with Crippen LogP contribution in [0.4, 0.5) is 11.5 Å². The van der Waals surface area contributed by atoms with E-state index in [1.165, 1.54) is 6.33 Å². The third kappa shape index (κ3) is 4.81. The molecular formula is C16H18Cl2N4O. The first-order valence-electron chi connectivity index (χ1n) is 7.31. The topological polar surface area (TPSA) is 58.1 Å². The van der Waals surface area contributed by atoms with Crippen LogP contribution in [0.2, 0.25) is 10.0 Å². The fraction of sp³-hybridized carbons (Fsp3) is 0.312. The average molecular weight is 353 g/mol. The Kier molecular flexibility index (Phi) is 6.19. The van der Waals surface area contributed by atoms with E-state index in [0.29, 0.717) is 33.8 Å². The summed E-state index contributed by atoms with van der Waals surface area (Å²) in [5.41, 5.74) is 0.954. The van der Waals surface area contributed by atoms with Crippen LogP contribution in [-0.2, 0) is 0 Å². The molecule has 5 nitrogen and oxygen atoms in total. The minimum atomic E-state index is -0.138. The Bertz CT molecular complexity index is 694. The van der Waals surface area contributed by atoms with E-state index >= 15 is 0 Å². The summed E-state index contributed by atoms with van der Waals surface area (Å²) < 4.78 is 0. The number of nitrogens with one attached hydrogen (secondary N) is 1. The summed E-state index contributed by atoms with van der Waals surface area (Å²) in [6.45, 7) is 2.78. The van der Waals surface area contributed by atoms with Crippen molar-refractivity contribution in [1.82, 2.24) is 14.9 Å². The van der Waals surface area contributed by atoms with Gasteiger partial charge in [-0.2, -0.15) is 0 Å². The van der Waals surface area contributed by atoms with Crippen molar-refractivity contribution in [1.29, 1.82) is 0 Å². The summed E-state index contributed by atoms with van der Waals surface area (Å²) in [6.07, 6.45) is 3.33. The van der Waals surface area contributed by atoms with Crippen LogP contribution in [0, 0.1) is 0 Å². The molecule has 1 heterocycles. The monoisotopic (exact) mass is 352 g/mol. The zero-order chi connectivity index (χ0) is 16.8. The Morgan fingerprint density at radius 3 is 2.78 bits per heavy atom. The maximum absolute atomic E-state index is 12.3. The molecule has 2 rings (SSSR count). The number of hydrogen-bond donors (Lipinski definition) is 1. The average Bonchev–Trinajstić information content (AvgIpc) is 2.55. The lowest BCUT2D eigenvalue weighted by Gasteiger charge is -2.16. The van der Waals surface area contributed by atoms with E-state index < -0.39 is 0 Å². The van der Waals surface area contributed by atoms with E-state index in [0.717, 1.165) is 12.8 Å². The Morgan fingerprint density at radius 1 is 1.26 bits per heavy atom. The molecule has 1 N–H and O–H groups in total.